The Labute approximate surface area is 176 Å². The number of hydrogen-bond acceptors (Lipinski definition) is 6. The maximum absolute atomic E-state index is 12.9. The Morgan fingerprint density at radius 1 is 1.10 bits per heavy atom. The molecule has 9 heteroatoms. The number of furan rings is 1. The van der Waals surface area contributed by atoms with E-state index >= 15 is 0 Å². The van der Waals surface area contributed by atoms with E-state index in [1.165, 1.54) is 42.6 Å². The van der Waals surface area contributed by atoms with Gasteiger partial charge in [-0.05, 0) is 67.1 Å². The highest BCUT2D eigenvalue weighted by Gasteiger charge is 2.11. The Hall–Kier alpha value is -4.14. The van der Waals surface area contributed by atoms with Crippen molar-refractivity contribution in [1.29, 1.82) is 0 Å². The summed E-state index contributed by atoms with van der Waals surface area (Å²) in [6, 6.07) is 13.0. The maximum Gasteiger partial charge on any atom is 0.371 e. The fourth-order valence-corrected chi connectivity index (χ4v) is 2.54. The summed E-state index contributed by atoms with van der Waals surface area (Å²) in [5.74, 6) is -0.993. The molecular formula is C22H19FN2O6. The molecule has 0 spiro atoms. The molecule has 160 valence electrons. The topological polar surface area (TPSA) is 110 Å². The molecule has 1 heterocycles. The number of benzene rings is 2. The van der Waals surface area contributed by atoms with Crippen LogP contribution in [0.5, 0.6) is 11.5 Å². The number of aromatic carboxylic acids is 1. The van der Waals surface area contributed by atoms with Gasteiger partial charge in [0.1, 0.15) is 18.2 Å². The molecule has 8 nitrogen and oxygen atoms in total. The van der Waals surface area contributed by atoms with Gasteiger partial charge in [-0.1, -0.05) is 0 Å². The smallest absolute Gasteiger partial charge is 0.371 e. The minimum atomic E-state index is -1.16. The molecule has 0 aliphatic carbocycles. The summed E-state index contributed by atoms with van der Waals surface area (Å²) < 4.78 is 29.4. The van der Waals surface area contributed by atoms with Gasteiger partial charge in [0.2, 0.25) is 5.76 Å². The lowest BCUT2D eigenvalue weighted by atomic mass is 10.2. The van der Waals surface area contributed by atoms with Crippen LogP contribution < -0.4 is 14.9 Å². The van der Waals surface area contributed by atoms with Gasteiger partial charge in [-0.15, -0.1) is 0 Å². The van der Waals surface area contributed by atoms with Crippen molar-refractivity contribution in [3.63, 3.8) is 0 Å². The van der Waals surface area contributed by atoms with Crippen molar-refractivity contribution in [1.82, 2.24) is 5.43 Å². The van der Waals surface area contributed by atoms with Crippen molar-refractivity contribution >= 4 is 18.1 Å². The first kappa shape index (κ1) is 21.6. The lowest BCUT2D eigenvalue weighted by molar-refractivity contribution is 0.0657. The van der Waals surface area contributed by atoms with Gasteiger partial charge in [0.05, 0.1) is 12.8 Å². The molecule has 0 aliphatic heterocycles. The second-order valence-corrected chi connectivity index (χ2v) is 6.20. The fourth-order valence-electron chi connectivity index (χ4n) is 2.54. The number of halogens is 1. The molecule has 0 bridgehead atoms. The first-order valence-electron chi connectivity index (χ1n) is 9.27. The molecule has 0 aliphatic rings. The highest BCUT2D eigenvalue weighted by atomic mass is 19.1. The molecular weight excluding hydrogens is 407 g/mol. The largest absolute Gasteiger partial charge is 0.490 e. The van der Waals surface area contributed by atoms with E-state index in [0.717, 1.165) is 0 Å². The lowest BCUT2D eigenvalue weighted by Crippen LogP contribution is -2.17. The van der Waals surface area contributed by atoms with Gasteiger partial charge in [0.25, 0.3) is 5.91 Å². The summed E-state index contributed by atoms with van der Waals surface area (Å²) in [4.78, 5) is 22.9. The highest BCUT2D eigenvalue weighted by molar-refractivity contribution is 5.94. The van der Waals surface area contributed by atoms with Crippen molar-refractivity contribution < 1.29 is 33.0 Å². The molecule has 2 aromatic carbocycles. The summed E-state index contributed by atoms with van der Waals surface area (Å²) in [5.41, 5.74) is 3.29. The molecule has 0 fully saturated rings. The number of amides is 1. The lowest BCUT2D eigenvalue weighted by Gasteiger charge is -2.11. The number of carboxylic acid groups (broad SMARTS) is 1. The first-order chi connectivity index (χ1) is 15.0. The van der Waals surface area contributed by atoms with E-state index in [9.17, 15) is 14.0 Å². The van der Waals surface area contributed by atoms with E-state index in [0.29, 0.717) is 29.4 Å². The van der Waals surface area contributed by atoms with Crippen LogP contribution in [0, 0.1) is 5.82 Å². The second kappa shape index (κ2) is 10.1. The SMILES string of the molecule is CCOc1cc(C=NNC(=O)c2ccc(F)cc2)ccc1OCc1ccc(C(=O)O)o1. The minimum Gasteiger partial charge on any atom is -0.490 e. The molecule has 0 saturated heterocycles. The number of carboxylic acids is 1. The number of nitrogens with one attached hydrogen (secondary N) is 1. The molecule has 2 N–H and O–H groups in total. The van der Waals surface area contributed by atoms with Crippen LogP contribution in [0.2, 0.25) is 0 Å². The Kier molecular flexibility index (Phi) is 7.00. The van der Waals surface area contributed by atoms with Gasteiger partial charge in [-0.3, -0.25) is 4.79 Å². The van der Waals surface area contributed by atoms with E-state index in [4.69, 9.17) is 19.0 Å². The van der Waals surface area contributed by atoms with Crippen LogP contribution in [0.1, 0.15) is 39.2 Å². The van der Waals surface area contributed by atoms with Gasteiger partial charge < -0.3 is 19.0 Å². The number of rotatable bonds is 9. The second-order valence-electron chi connectivity index (χ2n) is 6.20. The third-order valence-corrected chi connectivity index (χ3v) is 4.00. The van der Waals surface area contributed by atoms with Crippen LogP contribution in [0.25, 0.3) is 0 Å². The number of ether oxygens (including phenoxy) is 2. The Balaban J connectivity index is 1.64. The average molecular weight is 426 g/mol. The number of nitrogens with zero attached hydrogens (tertiary/aromatic N) is 1. The maximum atomic E-state index is 12.9. The third-order valence-electron chi connectivity index (χ3n) is 4.00. The van der Waals surface area contributed by atoms with E-state index in [1.807, 2.05) is 6.92 Å². The van der Waals surface area contributed by atoms with Gasteiger partial charge in [0.15, 0.2) is 11.5 Å². The molecule has 0 unspecified atom stereocenters. The van der Waals surface area contributed by atoms with Crippen LogP contribution in [0.3, 0.4) is 0 Å². The molecule has 3 rings (SSSR count). The van der Waals surface area contributed by atoms with Crippen molar-refractivity contribution in [2.75, 3.05) is 6.61 Å². The van der Waals surface area contributed by atoms with Crippen LogP contribution in [-0.4, -0.2) is 29.8 Å². The molecule has 0 radical (unpaired) electrons. The van der Waals surface area contributed by atoms with Crippen molar-refractivity contribution in [2.45, 2.75) is 13.5 Å². The van der Waals surface area contributed by atoms with Crippen molar-refractivity contribution in [2.24, 2.45) is 5.10 Å². The normalized spacial score (nSPS) is 10.8. The highest BCUT2D eigenvalue weighted by Crippen LogP contribution is 2.29. The number of carbonyl (C=O) groups excluding carboxylic acids is 1. The Morgan fingerprint density at radius 2 is 1.87 bits per heavy atom. The fraction of sp³-hybridized carbons (Fsp3) is 0.136. The van der Waals surface area contributed by atoms with Crippen molar-refractivity contribution in [3.05, 3.63) is 83.1 Å². The third kappa shape index (κ3) is 5.92. The summed E-state index contributed by atoms with van der Waals surface area (Å²) in [5, 5.41) is 12.8. The van der Waals surface area contributed by atoms with Gasteiger partial charge in [-0.2, -0.15) is 5.10 Å². The first-order valence-corrected chi connectivity index (χ1v) is 9.27. The molecule has 1 amide bonds. The predicted molar refractivity (Wildman–Crippen MR) is 109 cm³/mol. The van der Waals surface area contributed by atoms with Crippen LogP contribution >= 0.6 is 0 Å². The van der Waals surface area contributed by atoms with E-state index in [-0.39, 0.29) is 17.9 Å². The number of carbonyl (C=O) groups is 2. The molecule has 0 atom stereocenters. The van der Waals surface area contributed by atoms with Gasteiger partial charge >= 0.3 is 5.97 Å². The molecule has 1 aromatic heterocycles. The predicted octanol–water partition coefficient (Wildman–Crippen LogP) is 3.86. The zero-order valence-electron chi connectivity index (χ0n) is 16.5. The summed E-state index contributed by atoms with van der Waals surface area (Å²) in [7, 11) is 0. The zero-order valence-corrected chi connectivity index (χ0v) is 16.5. The van der Waals surface area contributed by atoms with Crippen LogP contribution in [0.15, 0.2) is 64.1 Å². The van der Waals surface area contributed by atoms with E-state index in [1.54, 1.807) is 18.2 Å². The minimum absolute atomic E-state index is 0.0223. The molecule has 0 saturated carbocycles. The number of hydrazone groups is 1. The van der Waals surface area contributed by atoms with E-state index in [2.05, 4.69) is 10.5 Å². The standard InChI is InChI=1S/C22H19FN2O6/c1-2-29-20-11-14(12-24-25-21(26)15-4-6-16(23)7-5-15)3-9-18(20)30-13-17-8-10-19(31-17)22(27)28/h3-12H,2,13H2,1H3,(H,25,26)(H,27,28). The Bertz CT molecular complexity index is 1090. The van der Waals surface area contributed by atoms with Gasteiger partial charge in [0, 0.05) is 5.56 Å². The van der Waals surface area contributed by atoms with Crippen LogP contribution in [-0.2, 0) is 6.61 Å². The summed E-state index contributed by atoms with van der Waals surface area (Å²) in [6.07, 6.45) is 1.43. The van der Waals surface area contributed by atoms with E-state index < -0.39 is 17.7 Å². The van der Waals surface area contributed by atoms with Gasteiger partial charge in [-0.25, -0.2) is 14.6 Å². The molecule has 31 heavy (non-hydrogen) atoms. The van der Waals surface area contributed by atoms with Crippen LogP contribution in [0.4, 0.5) is 4.39 Å². The Morgan fingerprint density at radius 3 is 2.55 bits per heavy atom. The average Bonchev–Trinajstić information content (AvgIpc) is 3.23. The zero-order chi connectivity index (χ0) is 22.2. The monoisotopic (exact) mass is 426 g/mol. The molecule has 3 aromatic rings. The summed E-state index contributed by atoms with van der Waals surface area (Å²) in [6.45, 7) is 2.23. The van der Waals surface area contributed by atoms with Crippen molar-refractivity contribution in [3.8, 4) is 11.5 Å². The summed E-state index contributed by atoms with van der Waals surface area (Å²) >= 11 is 0. The quantitative estimate of drug-likeness (QED) is 0.397. The number of hydrogen-bond donors (Lipinski definition) is 2.